The minimum absolute atomic E-state index is 0.0151. The van der Waals surface area contributed by atoms with E-state index in [0.717, 1.165) is 4.70 Å². The summed E-state index contributed by atoms with van der Waals surface area (Å²) >= 11 is 7.59. The Hall–Kier alpha value is -3.82. The van der Waals surface area contributed by atoms with Gasteiger partial charge < -0.3 is 15.4 Å². The topological polar surface area (TPSA) is 110 Å². The van der Waals surface area contributed by atoms with E-state index in [4.69, 9.17) is 16.3 Å². The number of ether oxygens (including phenoxy) is 1. The number of carbonyl (C=O) groups is 3. The first-order valence-corrected chi connectivity index (χ1v) is 11.0. The molecule has 5 rings (SSSR count). The number of methoxy groups -OCH3 is 1. The molecule has 0 saturated carbocycles. The molecule has 4 aromatic rings. The van der Waals surface area contributed by atoms with Crippen molar-refractivity contribution in [3.05, 3.63) is 87.8 Å². The quantitative estimate of drug-likeness (QED) is 0.425. The number of amides is 2. The zero-order valence-corrected chi connectivity index (χ0v) is 18.7. The van der Waals surface area contributed by atoms with Crippen LogP contribution < -0.4 is 10.6 Å². The van der Waals surface area contributed by atoms with Gasteiger partial charge in [0, 0.05) is 16.0 Å². The summed E-state index contributed by atoms with van der Waals surface area (Å²) in [6.45, 7) is 0. The molecule has 2 aromatic heterocycles. The Balaban J connectivity index is 1.64. The van der Waals surface area contributed by atoms with E-state index >= 15 is 0 Å². The Morgan fingerprint density at radius 3 is 2.70 bits per heavy atom. The Morgan fingerprint density at radius 2 is 1.91 bits per heavy atom. The number of pyridine rings is 1. The van der Waals surface area contributed by atoms with Gasteiger partial charge in [0.15, 0.2) is 5.69 Å². The van der Waals surface area contributed by atoms with Crippen LogP contribution in [0.25, 0.3) is 10.1 Å². The van der Waals surface area contributed by atoms with Crippen LogP contribution in [0.4, 0.5) is 5.69 Å². The monoisotopic (exact) mass is 478 g/mol. The normalized spacial score (nSPS) is 14.6. The van der Waals surface area contributed by atoms with Crippen LogP contribution in [0.5, 0.6) is 0 Å². The van der Waals surface area contributed by atoms with Gasteiger partial charge in [0.2, 0.25) is 0 Å². The molecular weight excluding hydrogens is 464 g/mol. The second kappa shape index (κ2) is 8.27. The van der Waals surface area contributed by atoms with Gasteiger partial charge in [-0.25, -0.2) is 9.78 Å². The number of anilines is 1. The summed E-state index contributed by atoms with van der Waals surface area (Å²) in [5.41, 5.74) is 1.44. The van der Waals surface area contributed by atoms with E-state index < -0.39 is 23.8 Å². The van der Waals surface area contributed by atoms with Gasteiger partial charge in [-0.05, 0) is 35.3 Å². The third kappa shape index (κ3) is 3.61. The van der Waals surface area contributed by atoms with Gasteiger partial charge in [0.25, 0.3) is 11.8 Å². The highest BCUT2D eigenvalue weighted by molar-refractivity contribution is 7.13. The highest BCUT2D eigenvalue weighted by atomic mass is 35.5. The molecule has 0 fully saturated rings. The van der Waals surface area contributed by atoms with Gasteiger partial charge in [0.1, 0.15) is 11.4 Å². The summed E-state index contributed by atoms with van der Waals surface area (Å²) in [6, 6.07) is 15.1. The molecule has 2 amide bonds. The molecule has 1 aliphatic heterocycles. The predicted octanol–water partition coefficient (Wildman–Crippen LogP) is 4.22. The Kier molecular flexibility index (Phi) is 5.27. The summed E-state index contributed by atoms with van der Waals surface area (Å²) in [5.74, 6) is -1.70. The molecule has 10 heteroatoms. The fourth-order valence-electron chi connectivity index (χ4n) is 3.78. The van der Waals surface area contributed by atoms with Crippen molar-refractivity contribution in [2.75, 3.05) is 12.4 Å². The summed E-state index contributed by atoms with van der Waals surface area (Å²) < 4.78 is 9.92. The van der Waals surface area contributed by atoms with Gasteiger partial charge in [-0.3, -0.25) is 9.59 Å². The van der Waals surface area contributed by atoms with Crippen molar-refractivity contribution < 1.29 is 19.1 Å². The van der Waals surface area contributed by atoms with Gasteiger partial charge >= 0.3 is 5.97 Å². The Morgan fingerprint density at radius 1 is 1.15 bits per heavy atom. The van der Waals surface area contributed by atoms with Crippen molar-refractivity contribution in [3.63, 3.8) is 0 Å². The maximum Gasteiger partial charge on any atom is 0.356 e. The Bertz CT molecular complexity index is 1450. The van der Waals surface area contributed by atoms with E-state index in [9.17, 15) is 14.4 Å². The molecule has 3 heterocycles. The zero-order chi connectivity index (χ0) is 23.1. The van der Waals surface area contributed by atoms with Crippen molar-refractivity contribution in [3.8, 4) is 0 Å². The number of nitrogens with one attached hydrogen (secondary N) is 2. The summed E-state index contributed by atoms with van der Waals surface area (Å²) in [6.07, 6.45) is 0. The number of fused-ring (bicyclic) bond motifs is 2. The first-order valence-electron chi connectivity index (χ1n) is 9.82. The fraction of sp³-hybridized carbons (Fsp3) is 0.0870. The van der Waals surface area contributed by atoms with E-state index in [1.165, 1.54) is 24.7 Å². The van der Waals surface area contributed by atoms with Gasteiger partial charge in [-0.2, -0.15) is 4.37 Å². The first kappa shape index (κ1) is 21.0. The molecule has 0 saturated heterocycles. The summed E-state index contributed by atoms with van der Waals surface area (Å²) in [5, 5.41) is 6.80. The molecule has 164 valence electrons. The van der Waals surface area contributed by atoms with Gasteiger partial charge in [-0.1, -0.05) is 48.0 Å². The minimum Gasteiger partial charge on any atom is -0.464 e. The number of halogens is 1. The lowest BCUT2D eigenvalue weighted by molar-refractivity contribution is 0.0593. The van der Waals surface area contributed by atoms with Crippen LogP contribution in [0.2, 0.25) is 5.02 Å². The molecule has 1 unspecified atom stereocenters. The molecule has 0 aliphatic carbocycles. The molecule has 2 N–H and O–H groups in total. The number of hydrogen-bond donors (Lipinski definition) is 2. The lowest BCUT2D eigenvalue weighted by Crippen LogP contribution is -2.21. The highest BCUT2D eigenvalue weighted by Gasteiger charge is 2.36. The zero-order valence-electron chi connectivity index (χ0n) is 17.1. The summed E-state index contributed by atoms with van der Waals surface area (Å²) in [4.78, 5) is 42.4. The van der Waals surface area contributed by atoms with Crippen LogP contribution in [-0.2, 0) is 4.74 Å². The average molecular weight is 479 g/mol. The molecule has 0 bridgehead atoms. The second-order valence-electron chi connectivity index (χ2n) is 7.22. The molecule has 0 radical (unpaired) electrons. The third-order valence-electron chi connectivity index (χ3n) is 5.29. The molecule has 33 heavy (non-hydrogen) atoms. The molecule has 2 aromatic carbocycles. The SMILES string of the molecule is COC(=O)c1cc(NC(=O)c2nsc3ccccc23)c2c(n1)C(=O)NC2c1ccccc1Cl. The van der Waals surface area contributed by atoms with E-state index in [1.807, 2.05) is 24.3 Å². The Labute approximate surface area is 196 Å². The molecule has 8 nitrogen and oxygen atoms in total. The lowest BCUT2D eigenvalue weighted by atomic mass is 9.98. The molecule has 0 spiro atoms. The first-order chi connectivity index (χ1) is 16.0. The fourth-order valence-corrected chi connectivity index (χ4v) is 4.80. The lowest BCUT2D eigenvalue weighted by Gasteiger charge is -2.17. The van der Waals surface area contributed by atoms with E-state index in [2.05, 4.69) is 20.0 Å². The predicted molar refractivity (Wildman–Crippen MR) is 124 cm³/mol. The van der Waals surface area contributed by atoms with E-state index in [0.29, 0.717) is 21.5 Å². The summed E-state index contributed by atoms with van der Waals surface area (Å²) in [7, 11) is 1.21. The van der Waals surface area contributed by atoms with Crippen molar-refractivity contribution >= 4 is 56.7 Å². The van der Waals surface area contributed by atoms with Crippen LogP contribution in [0.1, 0.15) is 48.6 Å². The van der Waals surface area contributed by atoms with Crippen LogP contribution in [0.3, 0.4) is 0 Å². The van der Waals surface area contributed by atoms with E-state index in [1.54, 1.807) is 24.3 Å². The standard InChI is InChI=1S/C23H15ClN4O4S/c1-32-23(31)15-10-14(26-21(29)19-12-7-3-5-9-16(12)33-28-19)17-18(27-22(30)20(17)25-15)11-6-2-4-8-13(11)24/h2-10,18H,1H3,(H,27,30)(H,25,26,29). The third-order valence-corrected chi connectivity index (χ3v) is 6.46. The van der Waals surface area contributed by atoms with Crippen LogP contribution in [0, 0.1) is 0 Å². The molecule has 1 atom stereocenters. The number of nitrogens with zero attached hydrogens (tertiary/aromatic N) is 2. The van der Waals surface area contributed by atoms with Crippen molar-refractivity contribution in [1.82, 2.24) is 14.7 Å². The number of carbonyl (C=O) groups excluding carboxylic acids is 3. The maximum absolute atomic E-state index is 13.2. The highest BCUT2D eigenvalue weighted by Crippen LogP contribution is 2.39. The molecular formula is C23H15ClN4O4S. The minimum atomic E-state index is -0.735. The van der Waals surface area contributed by atoms with Crippen molar-refractivity contribution in [2.45, 2.75) is 6.04 Å². The van der Waals surface area contributed by atoms with E-state index in [-0.39, 0.29) is 22.8 Å². The van der Waals surface area contributed by atoms with Crippen LogP contribution in [0.15, 0.2) is 54.6 Å². The largest absolute Gasteiger partial charge is 0.464 e. The number of hydrogen-bond acceptors (Lipinski definition) is 7. The van der Waals surface area contributed by atoms with Gasteiger partial charge in [0.05, 0.1) is 23.5 Å². The van der Waals surface area contributed by atoms with Crippen LogP contribution in [-0.4, -0.2) is 34.3 Å². The smallest absolute Gasteiger partial charge is 0.356 e. The average Bonchev–Trinajstić information content (AvgIpc) is 3.40. The number of esters is 1. The second-order valence-corrected chi connectivity index (χ2v) is 8.43. The maximum atomic E-state index is 13.2. The van der Waals surface area contributed by atoms with Crippen LogP contribution >= 0.6 is 23.1 Å². The van der Waals surface area contributed by atoms with Crippen molar-refractivity contribution in [2.24, 2.45) is 0 Å². The molecule has 1 aliphatic rings. The number of rotatable bonds is 4. The van der Waals surface area contributed by atoms with Gasteiger partial charge in [-0.15, -0.1) is 0 Å². The number of aromatic nitrogens is 2. The number of benzene rings is 2. The van der Waals surface area contributed by atoms with Crippen molar-refractivity contribution in [1.29, 1.82) is 0 Å².